The van der Waals surface area contributed by atoms with Crippen molar-refractivity contribution in [1.82, 2.24) is 19.7 Å². The maximum absolute atomic E-state index is 13.3. The zero-order valence-corrected chi connectivity index (χ0v) is 15.4. The third-order valence-corrected chi connectivity index (χ3v) is 3.80. The summed E-state index contributed by atoms with van der Waals surface area (Å²) in [4.78, 5) is 8.42. The van der Waals surface area contributed by atoms with Crippen molar-refractivity contribution in [2.24, 2.45) is 0 Å². The lowest BCUT2D eigenvalue weighted by molar-refractivity contribution is 0.122. The SMILES string of the molecule is COCCn1cc2c(NCC(C)(C)Oc3cc(F)cc(F)c3)ncnc2n1. The molecule has 0 saturated carbocycles. The molecule has 1 aromatic carbocycles. The van der Waals surface area contributed by atoms with Crippen molar-refractivity contribution in [2.45, 2.75) is 26.0 Å². The number of halogens is 2. The molecule has 27 heavy (non-hydrogen) atoms. The van der Waals surface area contributed by atoms with E-state index in [1.165, 1.54) is 6.33 Å². The van der Waals surface area contributed by atoms with Gasteiger partial charge in [0.05, 0.1) is 25.1 Å². The third kappa shape index (κ3) is 4.88. The van der Waals surface area contributed by atoms with Gasteiger partial charge in [0.2, 0.25) is 0 Å². The van der Waals surface area contributed by atoms with Crippen LogP contribution in [0.1, 0.15) is 13.8 Å². The second-order valence-electron chi connectivity index (χ2n) is 6.66. The number of hydrogen-bond donors (Lipinski definition) is 1. The van der Waals surface area contributed by atoms with Crippen LogP contribution in [0.5, 0.6) is 5.75 Å². The summed E-state index contributed by atoms with van der Waals surface area (Å²) >= 11 is 0. The molecule has 3 rings (SSSR count). The molecule has 7 nitrogen and oxygen atoms in total. The molecule has 2 aromatic heterocycles. The fourth-order valence-corrected chi connectivity index (χ4v) is 2.56. The lowest BCUT2D eigenvalue weighted by Gasteiger charge is -2.27. The van der Waals surface area contributed by atoms with E-state index in [0.717, 1.165) is 23.6 Å². The number of nitrogens with one attached hydrogen (secondary N) is 1. The number of methoxy groups -OCH3 is 1. The minimum atomic E-state index is -0.746. The Bertz CT molecular complexity index is 909. The summed E-state index contributed by atoms with van der Waals surface area (Å²) in [6.07, 6.45) is 3.26. The van der Waals surface area contributed by atoms with Crippen LogP contribution in [0, 0.1) is 11.6 Å². The van der Waals surface area contributed by atoms with E-state index in [1.54, 1.807) is 11.8 Å². The van der Waals surface area contributed by atoms with Gasteiger partial charge >= 0.3 is 0 Å². The minimum Gasteiger partial charge on any atom is -0.486 e. The smallest absolute Gasteiger partial charge is 0.186 e. The first-order chi connectivity index (χ1) is 12.9. The number of rotatable bonds is 8. The van der Waals surface area contributed by atoms with Crippen molar-refractivity contribution < 1.29 is 18.3 Å². The molecule has 0 amide bonds. The topological polar surface area (TPSA) is 74.1 Å². The second-order valence-corrected chi connectivity index (χ2v) is 6.66. The van der Waals surface area contributed by atoms with Gasteiger partial charge in [-0.2, -0.15) is 5.10 Å². The molecule has 0 spiro atoms. The quantitative estimate of drug-likeness (QED) is 0.651. The molecule has 0 aliphatic rings. The summed E-state index contributed by atoms with van der Waals surface area (Å²) in [6, 6.07) is 3.10. The van der Waals surface area contributed by atoms with Gasteiger partial charge in [0.15, 0.2) is 5.65 Å². The molecule has 9 heteroatoms. The molecule has 3 aromatic rings. The van der Waals surface area contributed by atoms with Gasteiger partial charge in [0.25, 0.3) is 0 Å². The van der Waals surface area contributed by atoms with Crippen LogP contribution in [-0.2, 0) is 11.3 Å². The molecule has 0 saturated heterocycles. The highest BCUT2D eigenvalue weighted by Gasteiger charge is 2.21. The fourth-order valence-electron chi connectivity index (χ4n) is 2.56. The zero-order chi connectivity index (χ0) is 19.4. The van der Waals surface area contributed by atoms with E-state index in [-0.39, 0.29) is 5.75 Å². The Hall–Kier alpha value is -2.81. The predicted octanol–water partition coefficient (Wildman–Crippen LogP) is 3.02. The first kappa shape index (κ1) is 19.0. The molecule has 144 valence electrons. The minimum absolute atomic E-state index is 0.125. The van der Waals surface area contributed by atoms with E-state index < -0.39 is 17.2 Å². The van der Waals surface area contributed by atoms with Gasteiger partial charge in [0.1, 0.15) is 35.1 Å². The standard InChI is InChI=1S/C18H21F2N5O2/c1-18(2,27-14-7-12(19)6-13(20)8-14)10-21-16-15-9-25(4-5-26-3)24-17(15)23-11-22-16/h6-9,11H,4-5,10H2,1-3H3,(H,21,22,23,24). The molecule has 0 fully saturated rings. The van der Waals surface area contributed by atoms with Gasteiger partial charge in [-0.3, -0.25) is 4.68 Å². The number of fused-ring (bicyclic) bond motifs is 1. The van der Waals surface area contributed by atoms with E-state index in [4.69, 9.17) is 9.47 Å². The number of aromatic nitrogens is 4. The van der Waals surface area contributed by atoms with E-state index >= 15 is 0 Å². The largest absolute Gasteiger partial charge is 0.486 e. The van der Waals surface area contributed by atoms with Crippen LogP contribution in [0.3, 0.4) is 0 Å². The molecule has 0 aliphatic carbocycles. The summed E-state index contributed by atoms with van der Waals surface area (Å²) in [6.45, 7) is 5.11. The summed E-state index contributed by atoms with van der Waals surface area (Å²) < 4.78 is 39.2. The highest BCUT2D eigenvalue weighted by Crippen LogP contribution is 2.23. The van der Waals surface area contributed by atoms with E-state index in [9.17, 15) is 8.78 Å². The van der Waals surface area contributed by atoms with Crippen LogP contribution in [0.2, 0.25) is 0 Å². The Morgan fingerprint density at radius 2 is 1.89 bits per heavy atom. The molecule has 0 aliphatic heterocycles. The Morgan fingerprint density at radius 3 is 2.59 bits per heavy atom. The summed E-state index contributed by atoms with van der Waals surface area (Å²) in [5.74, 6) is -0.644. The van der Waals surface area contributed by atoms with Gasteiger partial charge in [0, 0.05) is 31.5 Å². The Labute approximate surface area is 155 Å². The van der Waals surface area contributed by atoms with Crippen molar-refractivity contribution in [3.63, 3.8) is 0 Å². The van der Waals surface area contributed by atoms with Crippen LogP contribution in [0.4, 0.5) is 14.6 Å². The third-order valence-electron chi connectivity index (χ3n) is 3.80. The van der Waals surface area contributed by atoms with Crippen LogP contribution in [0.25, 0.3) is 11.0 Å². The molecule has 0 atom stereocenters. The van der Waals surface area contributed by atoms with Gasteiger partial charge in [-0.25, -0.2) is 18.7 Å². The van der Waals surface area contributed by atoms with Gasteiger partial charge in [-0.1, -0.05) is 0 Å². The molecular weight excluding hydrogens is 356 g/mol. The fraction of sp³-hybridized carbons (Fsp3) is 0.389. The average molecular weight is 377 g/mol. The van der Waals surface area contributed by atoms with Crippen LogP contribution in [-0.4, -0.2) is 45.6 Å². The van der Waals surface area contributed by atoms with E-state index in [1.807, 2.05) is 20.0 Å². The zero-order valence-electron chi connectivity index (χ0n) is 15.4. The van der Waals surface area contributed by atoms with Crippen molar-refractivity contribution in [3.8, 4) is 5.75 Å². The predicted molar refractivity (Wildman–Crippen MR) is 96.8 cm³/mol. The van der Waals surface area contributed by atoms with Crippen molar-refractivity contribution in [2.75, 3.05) is 25.6 Å². The first-order valence-corrected chi connectivity index (χ1v) is 8.42. The Kier molecular flexibility index (Phi) is 5.50. The van der Waals surface area contributed by atoms with Crippen molar-refractivity contribution in [1.29, 1.82) is 0 Å². The van der Waals surface area contributed by atoms with Gasteiger partial charge in [-0.05, 0) is 13.8 Å². The molecular formula is C18H21F2N5O2. The van der Waals surface area contributed by atoms with Gasteiger partial charge < -0.3 is 14.8 Å². The van der Waals surface area contributed by atoms with Crippen LogP contribution < -0.4 is 10.1 Å². The number of hydrogen-bond acceptors (Lipinski definition) is 6. The molecule has 0 radical (unpaired) electrons. The maximum atomic E-state index is 13.3. The number of benzene rings is 1. The Morgan fingerprint density at radius 1 is 1.15 bits per heavy atom. The molecule has 0 bridgehead atoms. The monoisotopic (exact) mass is 377 g/mol. The highest BCUT2D eigenvalue weighted by molar-refractivity contribution is 5.85. The number of ether oxygens (including phenoxy) is 2. The first-order valence-electron chi connectivity index (χ1n) is 8.42. The normalized spacial score (nSPS) is 11.7. The lowest BCUT2D eigenvalue weighted by atomic mass is 10.1. The number of anilines is 1. The maximum Gasteiger partial charge on any atom is 0.186 e. The van der Waals surface area contributed by atoms with Crippen LogP contribution >= 0.6 is 0 Å². The molecule has 1 N–H and O–H groups in total. The Balaban J connectivity index is 1.72. The van der Waals surface area contributed by atoms with Crippen molar-refractivity contribution in [3.05, 3.63) is 42.4 Å². The van der Waals surface area contributed by atoms with E-state index in [2.05, 4.69) is 20.4 Å². The van der Waals surface area contributed by atoms with Crippen molar-refractivity contribution >= 4 is 16.9 Å². The number of nitrogens with zero attached hydrogens (tertiary/aromatic N) is 4. The highest BCUT2D eigenvalue weighted by atomic mass is 19.1. The van der Waals surface area contributed by atoms with E-state index in [0.29, 0.717) is 31.2 Å². The van der Waals surface area contributed by atoms with Crippen LogP contribution in [0.15, 0.2) is 30.7 Å². The molecule has 0 unspecified atom stereocenters. The second kappa shape index (κ2) is 7.83. The van der Waals surface area contributed by atoms with Gasteiger partial charge in [-0.15, -0.1) is 0 Å². The summed E-state index contributed by atoms with van der Waals surface area (Å²) in [5.41, 5.74) is -0.182. The summed E-state index contributed by atoms with van der Waals surface area (Å²) in [7, 11) is 1.63. The average Bonchev–Trinajstić information content (AvgIpc) is 3.00. The summed E-state index contributed by atoms with van der Waals surface area (Å²) in [5, 5.41) is 8.34. The molecule has 2 heterocycles. The lowest BCUT2D eigenvalue weighted by Crippen LogP contribution is -2.36.